The highest BCUT2D eigenvalue weighted by Gasteiger charge is 2.51. The van der Waals surface area contributed by atoms with E-state index >= 15 is 0 Å². The molecule has 0 spiro atoms. The van der Waals surface area contributed by atoms with Crippen molar-refractivity contribution < 1.29 is 9.53 Å². The fourth-order valence-corrected chi connectivity index (χ4v) is 9.86. The minimum Gasteiger partial charge on any atom is -0.406 e. The molecule has 4 atom stereocenters. The molecule has 1 N–H and O–H groups in total. The Morgan fingerprint density at radius 3 is 2.00 bits per heavy atom. The molecule has 3 aliphatic heterocycles. The van der Waals surface area contributed by atoms with E-state index in [1.165, 1.54) is 10.4 Å². The predicted molar refractivity (Wildman–Crippen MR) is 118 cm³/mol. The minimum absolute atomic E-state index is 0.0121. The predicted octanol–water partition coefficient (Wildman–Crippen LogP) is 3.02. The normalized spacial score (nSPS) is 27.7. The summed E-state index contributed by atoms with van der Waals surface area (Å²) in [7, 11) is -2.47. The molecule has 0 radical (unpaired) electrons. The van der Waals surface area contributed by atoms with Crippen LogP contribution in [0.15, 0.2) is 60.7 Å². The van der Waals surface area contributed by atoms with Crippen LogP contribution in [0.3, 0.4) is 0 Å². The van der Waals surface area contributed by atoms with Crippen LogP contribution in [-0.4, -0.2) is 50.2 Å². The van der Waals surface area contributed by atoms with Gasteiger partial charge < -0.3 is 9.53 Å². The van der Waals surface area contributed by atoms with Crippen LogP contribution in [0.2, 0.25) is 5.04 Å². The lowest BCUT2D eigenvalue weighted by Crippen LogP contribution is -2.68. The maximum absolute atomic E-state index is 10.3. The van der Waals surface area contributed by atoms with E-state index < -0.39 is 8.32 Å². The third kappa shape index (κ3) is 3.48. The fourth-order valence-electron chi connectivity index (χ4n) is 5.27. The zero-order valence-corrected chi connectivity index (χ0v) is 18.3. The lowest BCUT2D eigenvalue weighted by Gasteiger charge is -2.50. The SMILES string of the molecule is CC(C)(C)[Si](OC[C@@H]1C[C@@H]2CCN1C[C@H]2O)(c1ccccc1)c1ccccc1. The molecular formula is C24H33NO2Si. The average molecular weight is 396 g/mol. The van der Waals surface area contributed by atoms with E-state index in [9.17, 15) is 5.11 Å². The molecular weight excluding hydrogens is 362 g/mol. The van der Waals surface area contributed by atoms with Gasteiger partial charge in [0.1, 0.15) is 0 Å². The van der Waals surface area contributed by atoms with Crippen molar-refractivity contribution in [2.24, 2.45) is 5.92 Å². The number of piperidine rings is 3. The van der Waals surface area contributed by atoms with Gasteiger partial charge in [-0.15, -0.1) is 0 Å². The van der Waals surface area contributed by atoms with Crippen molar-refractivity contribution in [2.75, 3.05) is 19.7 Å². The molecule has 3 fully saturated rings. The number of aliphatic hydroxyl groups is 1. The van der Waals surface area contributed by atoms with Gasteiger partial charge in [-0.1, -0.05) is 81.4 Å². The largest absolute Gasteiger partial charge is 0.406 e. The van der Waals surface area contributed by atoms with Crippen LogP contribution in [0.1, 0.15) is 33.6 Å². The van der Waals surface area contributed by atoms with Gasteiger partial charge in [-0.05, 0) is 40.7 Å². The first-order valence-corrected chi connectivity index (χ1v) is 12.5. The Balaban J connectivity index is 1.69. The van der Waals surface area contributed by atoms with E-state index in [1.807, 2.05) is 0 Å². The number of rotatable bonds is 5. The molecule has 0 amide bonds. The zero-order valence-electron chi connectivity index (χ0n) is 17.3. The quantitative estimate of drug-likeness (QED) is 0.790. The monoisotopic (exact) mass is 395 g/mol. The molecule has 3 saturated heterocycles. The van der Waals surface area contributed by atoms with Crippen LogP contribution in [-0.2, 0) is 4.43 Å². The minimum atomic E-state index is -2.47. The molecule has 2 aromatic carbocycles. The summed E-state index contributed by atoms with van der Waals surface area (Å²) in [6.07, 6.45) is 2.02. The number of fused-ring (bicyclic) bond motifs is 3. The molecule has 5 rings (SSSR count). The van der Waals surface area contributed by atoms with Crippen molar-refractivity contribution in [3.05, 3.63) is 60.7 Å². The van der Waals surface area contributed by atoms with Gasteiger partial charge in [-0.25, -0.2) is 0 Å². The van der Waals surface area contributed by atoms with Crippen molar-refractivity contribution in [3.63, 3.8) is 0 Å². The number of hydrogen-bond donors (Lipinski definition) is 1. The summed E-state index contributed by atoms with van der Waals surface area (Å²) in [5, 5.41) is 12.9. The second-order valence-electron chi connectivity index (χ2n) is 9.47. The van der Waals surface area contributed by atoms with Crippen LogP contribution >= 0.6 is 0 Å². The van der Waals surface area contributed by atoms with E-state index in [2.05, 4.69) is 86.3 Å². The van der Waals surface area contributed by atoms with Crippen LogP contribution < -0.4 is 10.4 Å². The standard InChI is InChI=1S/C24H33NO2Si/c1-24(2,3)28(21-10-6-4-7-11-21,22-12-8-5-9-13-22)27-18-20-16-19-14-15-25(20)17-23(19)26/h4-13,19-20,23,26H,14-18H2,1-3H3/t19-,20-,23+/m0/s1. The summed E-state index contributed by atoms with van der Waals surface area (Å²) in [5.74, 6) is 0.442. The van der Waals surface area contributed by atoms with E-state index in [4.69, 9.17) is 4.43 Å². The van der Waals surface area contributed by atoms with Crippen LogP contribution in [0, 0.1) is 5.92 Å². The van der Waals surface area contributed by atoms with Crippen LogP contribution in [0.5, 0.6) is 0 Å². The summed E-state index contributed by atoms with van der Waals surface area (Å²) in [6.45, 7) is 9.63. The summed E-state index contributed by atoms with van der Waals surface area (Å²) in [4.78, 5) is 2.45. The van der Waals surface area contributed by atoms with Crippen molar-refractivity contribution >= 4 is 18.7 Å². The number of aliphatic hydroxyl groups excluding tert-OH is 1. The summed E-state index contributed by atoms with van der Waals surface area (Å²) >= 11 is 0. The first-order valence-electron chi connectivity index (χ1n) is 10.6. The molecule has 0 aliphatic carbocycles. The van der Waals surface area contributed by atoms with Crippen LogP contribution in [0.25, 0.3) is 0 Å². The van der Waals surface area contributed by atoms with Gasteiger partial charge in [-0.2, -0.15) is 0 Å². The average Bonchev–Trinajstić information content (AvgIpc) is 2.70. The molecule has 4 heteroatoms. The second kappa shape index (κ2) is 7.75. The van der Waals surface area contributed by atoms with Gasteiger partial charge in [0.25, 0.3) is 8.32 Å². The molecule has 0 aromatic heterocycles. The Morgan fingerprint density at radius 1 is 1.00 bits per heavy atom. The highest BCUT2D eigenvalue weighted by Crippen LogP contribution is 2.38. The van der Waals surface area contributed by atoms with Gasteiger partial charge >= 0.3 is 0 Å². The zero-order chi connectivity index (χ0) is 19.8. The first-order chi connectivity index (χ1) is 13.4. The third-order valence-corrected chi connectivity index (χ3v) is 11.8. The van der Waals surface area contributed by atoms with Crippen molar-refractivity contribution in [1.82, 2.24) is 4.90 Å². The highest BCUT2D eigenvalue weighted by molar-refractivity contribution is 6.99. The molecule has 2 aromatic rings. The van der Waals surface area contributed by atoms with Crippen molar-refractivity contribution in [2.45, 2.75) is 50.8 Å². The Labute approximate surface area is 170 Å². The van der Waals surface area contributed by atoms with Gasteiger partial charge in [0.15, 0.2) is 0 Å². The van der Waals surface area contributed by atoms with E-state index in [0.717, 1.165) is 32.5 Å². The maximum Gasteiger partial charge on any atom is 0.261 e. The molecule has 28 heavy (non-hydrogen) atoms. The van der Waals surface area contributed by atoms with E-state index in [0.29, 0.717) is 12.0 Å². The maximum atomic E-state index is 10.3. The molecule has 150 valence electrons. The molecule has 3 nitrogen and oxygen atoms in total. The molecule has 3 heterocycles. The van der Waals surface area contributed by atoms with Crippen molar-refractivity contribution in [1.29, 1.82) is 0 Å². The third-order valence-electron chi connectivity index (χ3n) is 6.75. The number of nitrogens with zero attached hydrogens (tertiary/aromatic N) is 1. The Morgan fingerprint density at radius 2 is 1.57 bits per heavy atom. The van der Waals surface area contributed by atoms with Crippen LogP contribution in [0.4, 0.5) is 0 Å². The smallest absolute Gasteiger partial charge is 0.261 e. The van der Waals surface area contributed by atoms with Gasteiger partial charge in [0.05, 0.1) is 12.7 Å². The topological polar surface area (TPSA) is 32.7 Å². The van der Waals surface area contributed by atoms with Gasteiger partial charge in [0.2, 0.25) is 0 Å². The Kier molecular flexibility index (Phi) is 5.49. The summed E-state index contributed by atoms with van der Waals surface area (Å²) in [5.41, 5.74) is 0. The second-order valence-corrected chi connectivity index (χ2v) is 13.8. The summed E-state index contributed by atoms with van der Waals surface area (Å²) in [6, 6.07) is 22.1. The molecule has 3 aliphatic rings. The molecule has 1 unspecified atom stereocenters. The fraction of sp³-hybridized carbons (Fsp3) is 0.500. The highest BCUT2D eigenvalue weighted by atomic mass is 28.4. The van der Waals surface area contributed by atoms with E-state index in [-0.39, 0.29) is 11.1 Å². The molecule has 0 saturated carbocycles. The number of hydrogen-bond acceptors (Lipinski definition) is 3. The Bertz CT molecular complexity index is 735. The van der Waals surface area contributed by atoms with Crippen molar-refractivity contribution in [3.8, 4) is 0 Å². The van der Waals surface area contributed by atoms with Gasteiger partial charge in [-0.3, -0.25) is 4.90 Å². The van der Waals surface area contributed by atoms with Gasteiger partial charge in [0, 0.05) is 12.6 Å². The Hall–Kier alpha value is -1.46. The summed E-state index contributed by atoms with van der Waals surface area (Å²) < 4.78 is 7.11. The lowest BCUT2D eigenvalue weighted by molar-refractivity contribution is -0.0655. The molecule has 2 bridgehead atoms. The first kappa shape index (κ1) is 19.8. The lowest BCUT2D eigenvalue weighted by atomic mass is 9.81. The number of benzene rings is 2. The van der Waals surface area contributed by atoms with E-state index in [1.54, 1.807) is 0 Å².